The number of hydrogen-bond donors (Lipinski definition) is 2. The molecular weight excluding hydrogens is 267 g/mol. The maximum absolute atomic E-state index is 12.8. The van der Waals surface area contributed by atoms with E-state index in [1.807, 2.05) is 0 Å². The van der Waals surface area contributed by atoms with Crippen molar-refractivity contribution in [2.75, 3.05) is 5.32 Å². The molecule has 0 aliphatic rings. The molecule has 0 amide bonds. The molecule has 0 atom stereocenters. The molecule has 0 spiro atoms. The first-order chi connectivity index (χ1) is 9.47. The van der Waals surface area contributed by atoms with Gasteiger partial charge in [-0.1, -0.05) is 0 Å². The van der Waals surface area contributed by atoms with E-state index in [1.165, 1.54) is 30.3 Å². The van der Waals surface area contributed by atoms with Gasteiger partial charge >= 0.3 is 5.97 Å². The number of carboxylic acids is 1. The summed E-state index contributed by atoms with van der Waals surface area (Å²) in [6.07, 6.45) is 0. The molecule has 0 bridgehead atoms. The number of aromatic carboxylic acids is 1. The quantitative estimate of drug-likeness (QED) is 0.660. The third-order valence-electron chi connectivity index (χ3n) is 2.56. The van der Waals surface area contributed by atoms with Crippen LogP contribution >= 0.6 is 0 Å². The van der Waals surface area contributed by atoms with Crippen LogP contribution in [-0.4, -0.2) is 16.0 Å². The van der Waals surface area contributed by atoms with Gasteiger partial charge in [0.2, 0.25) is 0 Å². The molecule has 2 rings (SSSR count). The van der Waals surface area contributed by atoms with Crippen molar-refractivity contribution in [1.82, 2.24) is 0 Å². The monoisotopic (exact) mass is 276 g/mol. The van der Waals surface area contributed by atoms with Crippen molar-refractivity contribution in [2.24, 2.45) is 0 Å². The average Bonchev–Trinajstić information content (AvgIpc) is 2.41. The second-order valence-electron chi connectivity index (χ2n) is 3.93. The molecule has 6 nitrogen and oxygen atoms in total. The summed E-state index contributed by atoms with van der Waals surface area (Å²) in [7, 11) is 0. The summed E-state index contributed by atoms with van der Waals surface area (Å²) in [6, 6.07) is 9.07. The van der Waals surface area contributed by atoms with Gasteiger partial charge in [0, 0.05) is 17.4 Å². The third kappa shape index (κ3) is 2.89. The van der Waals surface area contributed by atoms with Crippen LogP contribution in [0.5, 0.6) is 0 Å². The SMILES string of the molecule is O=C(O)c1ccc(Nc2ccc(F)cc2)cc1[N+](=O)[O-]. The Labute approximate surface area is 112 Å². The zero-order valence-corrected chi connectivity index (χ0v) is 10.0. The first kappa shape index (κ1) is 13.5. The lowest BCUT2D eigenvalue weighted by molar-refractivity contribution is -0.385. The summed E-state index contributed by atoms with van der Waals surface area (Å²) in [5.74, 6) is -1.77. The third-order valence-corrected chi connectivity index (χ3v) is 2.56. The lowest BCUT2D eigenvalue weighted by Gasteiger charge is -2.07. The van der Waals surface area contributed by atoms with E-state index in [-0.39, 0.29) is 5.56 Å². The molecule has 0 heterocycles. The molecule has 0 aromatic heterocycles. The molecule has 0 radical (unpaired) electrons. The van der Waals surface area contributed by atoms with E-state index in [4.69, 9.17) is 5.11 Å². The van der Waals surface area contributed by atoms with E-state index >= 15 is 0 Å². The molecule has 2 aromatic rings. The Morgan fingerprint density at radius 2 is 1.75 bits per heavy atom. The molecule has 0 aliphatic heterocycles. The van der Waals surface area contributed by atoms with E-state index in [1.54, 1.807) is 0 Å². The minimum atomic E-state index is -1.37. The second-order valence-corrected chi connectivity index (χ2v) is 3.93. The Hall–Kier alpha value is -2.96. The lowest BCUT2D eigenvalue weighted by Crippen LogP contribution is -2.03. The first-order valence-electron chi connectivity index (χ1n) is 5.51. The minimum absolute atomic E-state index is 0.341. The molecule has 0 aliphatic carbocycles. The zero-order chi connectivity index (χ0) is 14.7. The van der Waals surface area contributed by atoms with Gasteiger partial charge in [-0.2, -0.15) is 0 Å². The molecule has 0 saturated heterocycles. The fourth-order valence-corrected chi connectivity index (χ4v) is 1.64. The molecule has 0 saturated carbocycles. The number of halogens is 1. The number of carboxylic acid groups (broad SMARTS) is 1. The van der Waals surface area contributed by atoms with E-state index in [2.05, 4.69) is 5.32 Å². The van der Waals surface area contributed by atoms with Crippen LogP contribution in [-0.2, 0) is 0 Å². The van der Waals surface area contributed by atoms with Crippen LogP contribution in [0, 0.1) is 15.9 Å². The van der Waals surface area contributed by atoms with Gasteiger partial charge in [-0.3, -0.25) is 10.1 Å². The van der Waals surface area contributed by atoms with Crippen LogP contribution < -0.4 is 5.32 Å². The Kier molecular flexibility index (Phi) is 3.60. The zero-order valence-electron chi connectivity index (χ0n) is 10.0. The normalized spacial score (nSPS) is 10.1. The second kappa shape index (κ2) is 5.35. The summed E-state index contributed by atoms with van der Waals surface area (Å²) < 4.78 is 12.8. The topological polar surface area (TPSA) is 92.5 Å². The van der Waals surface area contributed by atoms with Gasteiger partial charge in [0.15, 0.2) is 0 Å². The maximum atomic E-state index is 12.8. The minimum Gasteiger partial charge on any atom is -0.477 e. The van der Waals surface area contributed by atoms with Gasteiger partial charge in [0.1, 0.15) is 11.4 Å². The number of nitrogens with zero attached hydrogens (tertiary/aromatic N) is 1. The molecule has 2 aromatic carbocycles. The van der Waals surface area contributed by atoms with Crippen LogP contribution in [0.3, 0.4) is 0 Å². The van der Waals surface area contributed by atoms with Gasteiger partial charge in [-0.15, -0.1) is 0 Å². The fraction of sp³-hybridized carbons (Fsp3) is 0. The summed E-state index contributed by atoms with van der Waals surface area (Å²) in [5.41, 5.74) is -0.0265. The molecule has 0 fully saturated rings. The maximum Gasteiger partial charge on any atom is 0.342 e. The summed E-state index contributed by atoms with van der Waals surface area (Å²) in [4.78, 5) is 20.9. The largest absolute Gasteiger partial charge is 0.477 e. The number of nitro groups is 1. The Bertz CT molecular complexity index is 671. The highest BCUT2D eigenvalue weighted by Gasteiger charge is 2.20. The van der Waals surface area contributed by atoms with Gasteiger partial charge in [0.05, 0.1) is 4.92 Å². The number of nitro benzene ring substituents is 1. The van der Waals surface area contributed by atoms with Crippen molar-refractivity contribution in [1.29, 1.82) is 0 Å². The standard InChI is InChI=1S/C13H9FN2O4/c14-8-1-3-9(4-2-8)15-10-5-6-11(13(17)18)12(7-10)16(19)20/h1-7,15H,(H,17,18). The molecule has 2 N–H and O–H groups in total. The van der Waals surface area contributed by atoms with Gasteiger partial charge in [-0.25, -0.2) is 9.18 Å². The predicted octanol–water partition coefficient (Wildman–Crippen LogP) is 3.18. The number of nitrogens with one attached hydrogen (secondary N) is 1. The number of hydrogen-bond acceptors (Lipinski definition) is 4. The summed E-state index contributed by atoms with van der Waals surface area (Å²) in [6.45, 7) is 0. The molecule has 102 valence electrons. The van der Waals surface area contributed by atoms with Gasteiger partial charge in [0.25, 0.3) is 5.69 Å². The molecule has 7 heteroatoms. The molecule has 0 unspecified atom stereocenters. The van der Waals surface area contributed by atoms with E-state index in [0.717, 1.165) is 12.1 Å². The smallest absolute Gasteiger partial charge is 0.342 e. The van der Waals surface area contributed by atoms with Crippen molar-refractivity contribution in [3.8, 4) is 0 Å². The van der Waals surface area contributed by atoms with Crippen molar-refractivity contribution in [3.05, 3.63) is 64.0 Å². The lowest BCUT2D eigenvalue weighted by atomic mass is 10.1. The number of rotatable bonds is 4. The Morgan fingerprint density at radius 3 is 2.30 bits per heavy atom. The van der Waals surface area contributed by atoms with Crippen molar-refractivity contribution in [3.63, 3.8) is 0 Å². The van der Waals surface area contributed by atoms with E-state index in [9.17, 15) is 19.3 Å². The van der Waals surface area contributed by atoms with Crippen molar-refractivity contribution in [2.45, 2.75) is 0 Å². The highest BCUT2D eigenvalue weighted by Crippen LogP contribution is 2.25. The van der Waals surface area contributed by atoms with Crippen LogP contribution in [0.2, 0.25) is 0 Å². The summed E-state index contributed by atoms with van der Waals surface area (Å²) in [5, 5.41) is 22.5. The highest BCUT2D eigenvalue weighted by molar-refractivity contribution is 5.93. The summed E-state index contributed by atoms with van der Waals surface area (Å²) >= 11 is 0. The van der Waals surface area contributed by atoms with E-state index in [0.29, 0.717) is 11.4 Å². The average molecular weight is 276 g/mol. The predicted molar refractivity (Wildman–Crippen MR) is 69.7 cm³/mol. The number of anilines is 2. The Morgan fingerprint density at radius 1 is 1.15 bits per heavy atom. The van der Waals surface area contributed by atoms with Crippen LogP contribution in [0.25, 0.3) is 0 Å². The first-order valence-corrected chi connectivity index (χ1v) is 5.51. The van der Waals surface area contributed by atoms with Gasteiger partial charge < -0.3 is 10.4 Å². The van der Waals surface area contributed by atoms with Crippen molar-refractivity contribution >= 4 is 23.0 Å². The van der Waals surface area contributed by atoms with E-state index < -0.39 is 22.4 Å². The number of carbonyl (C=O) groups is 1. The molecular formula is C13H9FN2O4. The van der Waals surface area contributed by atoms with Crippen molar-refractivity contribution < 1.29 is 19.2 Å². The highest BCUT2D eigenvalue weighted by atomic mass is 19.1. The van der Waals surface area contributed by atoms with Gasteiger partial charge in [-0.05, 0) is 36.4 Å². The Balaban J connectivity index is 2.34. The van der Waals surface area contributed by atoms with Crippen LogP contribution in [0.4, 0.5) is 21.5 Å². The molecule has 20 heavy (non-hydrogen) atoms. The van der Waals surface area contributed by atoms with Crippen LogP contribution in [0.1, 0.15) is 10.4 Å². The fourth-order valence-electron chi connectivity index (χ4n) is 1.64. The number of benzene rings is 2. The van der Waals surface area contributed by atoms with Crippen LogP contribution in [0.15, 0.2) is 42.5 Å².